The highest BCUT2D eigenvalue weighted by Crippen LogP contribution is 2.41. The quantitative estimate of drug-likeness (QED) is 0.200. The van der Waals surface area contributed by atoms with Crippen LogP contribution in [-0.4, -0.2) is 29.8 Å². The van der Waals surface area contributed by atoms with Crippen LogP contribution in [0.25, 0.3) is 10.4 Å². The van der Waals surface area contributed by atoms with Crippen molar-refractivity contribution in [2.45, 2.75) is 32.2 Å². The van der Waals surface area contributed by atoms with Crippen molar-refractivity contribution in [1.82, 2.24) is 10.3 Å². The van der Waals surface area contributed by atoms with Gasteiger partial charge in [-0.3, -0.25) is 9.59 Å². The number of para-hydroxylation sites is 1. The van der Waals surface area contributed by atoms with E-state index >= 15 is 0 Å². The molecule has 6 nitrogen and oxygen atoms in total. The van der Waals surface area contributed by atoms with Gasteiger partial charge in [0.05, 0.1) is 17.3 Å². The smallest absolute Gasteiger partial charge is 0.225 e. The third-order valence-electron chi connectivity index (χ3n) is 5.76. The van der Waals surface area contributed by atoms with E-state index < -0.39 is 23.6 Å². The van der Waals surface area contributed by atoms with E-state index in [0.717, 1.165) is 29.5 Å². The number of aromatic nitrogens is 1. The normalized spacial score (nSPS) is 11.6. The molecule has 1 heterocycles. The van der Waals surface area contributed by atoms with E-state index in [1.54, 1.807) is 19.2 Å². The third-order valence-corrected chi connectivity index (χ3v) is 6.87. The summed E-state index contributed by atoms with van der Waals surface area (Å²) < 4.78 is 46.4. The summed E-state index contributed by atoms with van der Waals surface area (Å²) in [5, 5.41) is 5.88. The summed E-state index contributed by atoms with van der Waals surface area (Å²) in [6.07, 6.45) is 0.689. The molecule has 1 atom stereocenters. The number of halogens is 3. The molecule has 0 saturated carbocycles. The Balaban J connectivity index is 1.57. The molecular formula is C29H26F3N3O3S. The Kier molecular flexibility index (Phi) is 8.98. The van der Waals surface area contributed by atoms with Gasteiger partial charge in [-0.2, -0.15) is 0 Å². The molecule has 0 bridgehead atoms. The summed E-state index contributed by atoms with van der Waals surface area (Å²) in [6.45, 7) is 1.88. The van der Waals surface area contributed by atoms with Crippen LogP contribution >= 0.6 is 11.3 Å². The van der Waals surface area contributed by atoms with Crippen molar-refractivity contribution in [1.29, 1.82) is 0 Å². The van der Waals surface area contributed by atoms with Gasteiger partial charge >= 0.3 is 0 Å². The minimum absolute atomic E-state index is 0.166. The van der Waals surface area contributed by atoms with E-state index in [1.807, 2.05) is 19.1 Å². The molecule has 4 aromatic rings. The molecule has 2 N–H and O–H groups in total. The molecule has 39 heavy (non-hydrogen) atoms. The predicted molar refractivity (Wildman–Crippen MR) is 145 cm³/mol. The number of hydrogen-bond acceptors (Lipinski definition) is 6. The number of nitrogens with zero attached hydrogens (tertiary/aromatic N) is 1. The van der Waals surface area contributed by atoms with Gasteiger partial charge in [-0.25, -0.2) is 18.2 Å². The highest BCUT2D eigenvalue weighted by molar-refractivity contribution is 7.17. The van der Waals surface area contributed by atoms with Crippen LogP contribution in [0.4, 0.5) is 19.0 Å². The Morgan fingerprint density at radius 2 is 1.67 bits per heavy atom. The van der Waals surface area contributed by atoms with Gasteiger partial charge in [-0.05, 0) is 60.5 Å². The molecule has 1 aromatic heterocycles. The molecular weight excluding hydrogens is 527 g/mol. The highest BCUT2D eigenvalue weighted by Gasteiger charge is 2.27. The predicted octanol–water partition coefficient (Wildman–Crippen LogP) is 6.77. The van der Waals surface area contributed by atoms with Gasteiger partial charge in [-0.15, -0.1) is 11.3 Å². The number of nitrogens with one attached hydrogen (secondary N) is 2. The number of ketones is 1. The van der Waals surface area contributed by atoms with Crippen LogP contribution < -0.4 is 15.4 Å². The number of ether oxygens (including phenoxy) is 1. The van der Waals surface area contributed by atoms with Crippen molar-refractivity contribution in [2.24, 2.45) is 0 Å². The summed E-state index contributed by atoms with van der Waals surface area (Å²) in [5.74, 6) is -1.46. The number of anilines is 1. The SMILES string of the molecule is CCC[C@H](NC(=O)Cc1cc(F)cc(F)c1)C(=O)c1nc(NC)c(-c2ccccc2Oc2ccc(F)cc2)s1. The molecule has 10 heteroatoms. The fraction of sp³-hybridized carbons (Fsp3) is 0.207. The molecule has 0 aliphatic rings. The Morgan fingerprint density at radius 1 is 0.974 bits per heavy atom. The molecule has 0 saturated heterocycles. The monoisotopic (exact) mass is 553 g/mol. The summed E-state index contributed by atoms with van der Waals surface area (Å²) >= 11 is 1.15. The van der Waals surface area contributed by atoms with Crippen molar-refractivity contribution >= 4 is 28.8 Å². The molecule has 0 fully saturated rings. The maximum absolute atomic E-state index is 13.5. The van der Waals surface area contributed by atoms with Crippen LogP contribution in [0.5, 0.6) is 11.5 Å². The lowest BCUT2D eigenvalue weighted by atomic mass is 10.1. The third kappa shape index (κ3) is 7.02. The first kappa shape index (κ1) is 27.8. The zero-order valence-electron chi connectivity index (χ0n) is 21.3. The van der Waals surface area contributed by atoms with Crippen LogP contribution in [-0.2, 0) is 11.2 Å². The first-order valence-corrected chi connectivity index (χ1v) is 13.1. The second-order valence-electron chi connectivity index (χ2n) is 8.73. The number of carbonyl (C=O) groups excluding carboxylic acids is 2. The van der Waals surface area contributed by atoms with E-state index in [-0.39, 0.29) is 28.6 Å². The van der Waals surface area contributed by atoms with Gasteiger partial charge in [0.1, 0.15) is 34.8 Å². The zero-order valence-corrected chi connectivity index (χ0v) is 22.1. The average Bonchev–Trinajstić information content (AvgIpc) is 3.33. The Bertz CT molecular complexity index is 1450. The fourth-order valence-electron chi connectivity index (χ4n) is 4.00. The molecule has 3 aromatic carbocycles. The lowest BCUT2D eigenvalue weighted by Crippen LogP contribution is -2.41. The summed E-state index contributed by atoms with van der Waals surface area (Å²) in [7, 11) is 1.68. The van der Waals surface area contributed by atoms with E-state index in [4.69, 9.17) is 4.74 Å². The van der Waals surface area contributed by atoms with Gasteiger partial charge in [0.25, 0.3) is 0 Å². The summed E-state index contributed by atoms with van der Waals surface area (Å²) in [6, 6.07) is 14.9. The lowest BCUT2D eigenvalue weighted by Gasteiger charge is -2.16. The molecule has 0 aliphatic heterocycles. The number of carbonyl (C=O) groups is 2. The Labute approximate surface area is 227 Å². The molecule has 202 valence electrons. The lowest BCUT2D eigenvalue weighted by molar-refractivity contribution is -0.120. The van der Waals surface area contributed by atoms with E-state index in [0.29, 0.717) is 40.6 Å². The second kappa shape index (κ2) is 12.6. The molecule has 0 unspecified atom stereocenters. The van der Waals surface area contributed by atoms with E-state index in [2.05, 4.69) is 15.6 Å². The minimum Gasteiger partial charge on any atom is -0.457 e. The zero-order chi connectivity index (χ0) is 27.9. The van der Waals surface area contributed by atoms with Crippen LogP contribution in [0.3, 0.4) is 0 Å². The highest BCUT2D eigenvalue weighted by atomic mass is 32.1. The molecule has 0 spiro atoms. The molecule has 4 rings (SSSR count). The molecule has 0 aliphatic carbocycles. The number of benzene rings is 3. The maximum atomic E-state index is 13.5. The number of amides is 1. The van der Waals surface area contributed by atoms with Gasteiger partial charge in [0.15, 0.2) is 5.01 Å². The Hall–Kier alpha value is -4.18. The first-order valence-electron chi connectivity index (χ1n) is 12.3. The van der Waals surface area contributed by atoms with Gasteiger partial charge in [-0.1, -0.05) is 25.5 Å². The number of hydrogen-bond donors (Lipinski definition) is 2. The topological polar surface area (TPSA) is 80.3 Å². The van der Waals surface area contributed by atoms with E-state index in [9.17, 15) is 22.8 Å². The molecule has 1 amide bonds. The molecule has 0 radical (unpaired) electrons. The van der Waals surface area contributed by atoms with Gasteiger partial charge in [0.2, 0.25) is 11.7 Å². The van der Waals surface area contributed by atoms with Crippen LogP contribution in [0, 0.1) is 17.5 Å². The van der Waals surface area contributed by atoms with Crippen LogP contribution in [0.2, 0.25) is 0 Å². The van der Waals surface area contributed by atoms with Crippen molar-refractivity contribution in [3.63, 3.8) is 0 Å². The van der Waals surface area contributed by atoms with Gasteiger partial charge < -0.3 is 15.4 Å². The fourth-order valence-corrected chi connectivity index (χ4v) is 5.10. The van der Waals surface area contributed by atoms with Crippen molar-refractivity contribution in [3.8, 4) is 21.9 Å². The van der Waals surface area contributed by atoms with Gasteiger partial charge in [0, 0.05) is 18.7 Å². The summed E-state index contributed by atoms with van der Waals surface area (Å²) in [5.41, 5.74) is 0.839. The summed E-state index contributed by atoms with van der Waals surface area (Å²) in [4.78, 5) is 31.3. The first-order chi connectivity index (χ1) is 18.8. The number of thiazole rings is 1. The van der Waals surface area contributed by atoms with Crippen LogP contribution in [0.15, 0.2) is 66.7 Å². The van der Waals surface area contributed by atoms with Crippen molar-refractivity contribution in [3.05, 3.63) is 94.8 Å². The second-order valence-corrected chi connectivity index (χ2v) is 9.73. The number of rotatable bonds is 11. The standard InChI is InChI=1S/C29H26F3N3O3S/c1-3-6-23(34-25(36)15-17-13-19(31)16-20(32)14-17)26(37)29-35-28(33-2)27(39-29)22-7-4-5-8-24(22)38-21-11-9-18(30)10-12-21/h4-5,7-14,16,23,33H,3,6,15H2,1-2H3,(H,34,36)/t23-/m0/s1. The largest absolute Gasteiger partial charge is 0.457 e. The Morgan fingerprint density at radius 3 is 2.33 bits per heavy atom. The maximum Gasteiger partial charge on any atom is 0.225 e. The minimum atomic E-state index is -0.865. The van der Waals surface area contributed by atoms with Crippen molar-refractivity contribution < 1.29 is 27.5 Å². The van der Waals surface area contributed by atoms with Crippen molar-refractivity contribution in [2.75, 3.05) is 12.4 Å². The van der Waals surface area contributed by atoms with Crippen LogP contribution in [0.1, 0.15) is 35.1 Å². The average molecular weight is 554 g/mol. The number of Topliss-reactive ketones (excluding diaryl/α,β-unsaturated/α-hetero) is 1. The van der Waals surface area contributed by atoms with E-state index in [1.165, 1.54) is 24.3 Å².